The fraction of sp³-hybridized carbons (Fsp3) is 0.400. The van der Waals surface area contributed by atoms with Crippen molar-refractivity contribution in [3.63, 3.8) is 0 Å². The third-order valence-electron chi connectivity index (χ3n) is 3.69. The Morgan fingerprint density at radius 3 is 2.75 bits per heavy atom. The molecule has 0 fully saturated rings. The number of hydrogen-bond acceptors (Lipinski definition) is 4. The van der Waals surface area contributed by atoms with Crippen molar-refractivity contribution in [2.24, 2.45) is 5.92 Å². The van der Waals surface area contributed by atoms with Crippen LogP contribution < -0.4 is 5.73 Å². The molecule has 2 heterocycles. The number of hydrogen-bond donors (Lipinski definition) is 1. The summed E-state index contributed by atoms with van der Waals surface area (Å²) < 4.78 is 0. The number of nitrogen functional groups attached to an aromatic ring is 1. The number of halogens is 1. The van der Waals surface area contributed by atoms with Crippen LogP contribution in [0.25, 0.3) is 0 Å². The highest BCUT2D eigenvalue weighted by Gasteiger charge is 2.35. The third kappa shape index (κ3) is 2.55. The lowest BCUT2D eigenvalue weighted by atomic mass is 10.0. The second kappa shape index (κ2) is 5.35. The lowest BCUT2D eigenvalue weighted by Crippen LogP contribution is -2.26. The minimum atomic E-state index is 0.356. The van der Waals surface area contributed by atoms with Crippen LogP contribution in [0, 0.1) is 5.92 Å². The Balaban J connectivity index is 1.83. The van der Waals surface area contributed by atoms with Gasteiger partial charge in [-0.3, -0.25) is 4.90 Å². The number of rotatable bonds is 3. The number of benzene rings is 1. The van der Waals surface area contributed by atoms with E-state index in [0.717, 1.165) is 18.1 Å². The first-order chi connectivity index (χ1) is 9.54. The van der Waals surface area contributed by atoms with Crippen molar-refractivity contribution in [1.82, 2.24) is 9.88 Å². The van der Waals surface area contributed by atoms with Gasteiger partial charge in [0.1, 0.15) is 0 Å². The van der Waals surface area contributed by atoms with Crippen molar-refractivity contribution < 1.29 is 0 Å². The number of nitrogens with zero attached hydrogens (tertiary/aromatic N) is 2. The van der Waals surface area contributed by atoms with Gasteiger partial charge in [-0.2, -0.15) is 0 Å². The summed E-state index contributed by atoms with van der Waals surface area (Å²) in [6.45, 7) is 6.34. The molecule has 0 bridgehead atoms. The van der Waals surface area contributed by atoms with Gasteiger partial charge >= 0.3 is 0 Å². The molecule has 0 saturated carbocycles. The average Bonchev–Trinajstić information content (AvgIpc) is 2.87. The normalized spacial score (nSPS) is 18.7. The number of nitrogens with two attached hydrogens (primary N) is 1. The highest BCUT2D eigenvalue weighted by Crippen LogP contribution is 2.42. The monoisotopic (exact) mass is 307 g/mol. The van der Waals surface area contributed by atoms with Gasteiger partial charge < -0.3 is 5.73 Å². The van der Waals surface area contributed by atoms with Gasteiger partial charge in [-0.15, -0.1) is 11.3 Å². The smallest absolute Gasteiger partial charge is 0.180 e. The van der Waals surface area contributed by atoms with Gasteiger partial charge in [0.2, 0.25) is 0 Å². The van der Waals surface area contributed by atoms with E-state index in [0.29, 0.717) is 17.1 Å². The van der Waals surface area contributed by atoms with Crippen LogP contribution in [-0.4, -0.2) is 9.88 Å². The fourth-order valence-corrected chi connectivity index (χ4v) is 3.92. The summed E-state index contributed by atoms with van der Waals surface area (Å²) in [5, 5.41) is 1.47. The SMILES string of the molecule is CC(C)[C@H]1c2nc(N)sc2CN1Cc1ccc(Cl)cc1. The Morgan fingerprint density at radius 2 is 2.10 bits per heavy atom. The van der Waals surface area contributed by atoms with Gasteiger partial charge in [0.15, 0.2) is 5.13 Å². The van der Waals surface area contributed by atoms with Crippen LogP contribution in [-0.2, 0) is 13.1 Å². The fourth-order valence-electron chi connectivity index (χ4n) is 2.90. The Bertz CT molecular complexity index is 606. The molecule has 5 heteroatoms. The van der Waals surface area contributed by atoms with Crippen molar-refractivity contribution in [3.05, 3.63) is 45.4 Å². The molecule has 1 atom stereocenters. The minimum Gasteiger partial charge on any atom is -0.375 e. The van der Waals surface area contributed by atoms with Crippen LogP contribution in [0.2, 0.25) is 5.02 Å². The van der Waals surface area contributed by atoms with Gasteiger partial charge in [0, 0.05) is 23.0 Å². The summed E-state index contributed by atoms with van der Waals surface area (Å²) in [7, 11) is 0. The predicted molar refractivity (Wildman–Crippen MR) is 84.8 cm³/mol. The summed E-state index contributed by atoms with van der Waals surface area (Å²) in [6, 6.07) is 8.43. The zero-order valence-corrected chi connectivity index (χ0v) is 13.2. The molecule has 1 aromatic carbocycles. The molecule has 0 amide bonds. The maximum absolute atomic E-state index is 5.94. The standard InChI is InChI=1S/C15H18ClN3S/c1-9(2)14-13-12(20-15(17)18-13)8-19(14)7-10-3-5-11(16)6-4-10/h3-6,9,14H,7-8H2,1-2H3,(H2,17,18)/t14-/m0/s1. The minimum absolute atomic E-state index is 0.356. The van der Waals surface area contributed by atoms with Crippen molar-refractivity contribution in [2.75, 3.05) is 5.73 Å². The predicted octanol–water partition coefficient (Wildman–Crippen LogP) is 4.09. The van der Waals surface area contributed by atoms with Gasteiger partial charge in [-0.25, -0.2) is 4.98 Å². The van der Waals surface area contributed by atoms with Crippen LogP contribution in [0.4, 0.5) is 5.13 Å². The van der Waals surface area contributed by atoms with Crippen LogP contribution in [0.3, 0.4) is 0 Å². The molecule has 1 aromatic heterocycles. The van der Waals surface area contributed by atoms with Crippen molar-refractivity contribution in [2.45, 2.75) is 33.0 Å². The quantitative estimate of drug-likeness (QED) is 0.928. The molecular formula is C15H18ClN3S. The summed E-state index contributed by atoms with van der Waals surface area (Å²) in [5.74, 6) is 0.519. The van der Waals surface area contributed by atoms with Crippen LogP contribution in [0.15, 0.2) is 24.3 Å². The van der Waals surface area contributed by atoms with E-state index >= 15 is 0 Å². The average molecular weight is 308 g/mol. The molecule has 0 spiro atoms. The van der Waals surface area contributed by atoms with Crippen molar-refractivity contribution >= 4 is 28.1 Å². The number of anilines is 1. The highest BCUT2D eigenvalue weighted by molar-refractivity contribution is 7.15. The maximum atomic E-state index is 5.94. The molecule has 2 aromatic rings. The van der Waals surface area contributed by atoms with E-state index in [9.17, 15) is 0 Å². The lowest BCUT2D eigenvalue weighted by molar-refractivity contribution is 0.161. The molecule has 20 heavy (non-hydrogen) atoms. The Morgan fingerprint density at radius 1 is 1.40 bits per heavy atom. The van der Waals surface area contributed by atoms with E-state index in [1.807, 2.05) is 12.1 Å². The largest absolute Gasteiger partial charge is 0.375 e. The molecular weight excluding hydrogens is 290 g/mol. The van der Waals surface area contributed by atoms with E-state index in [4.69, 9.17) is 17.3 Å². The molecule has 3 nitrogen and oxygen atoms in total. The number of aromatic nitrogens is 1. The van der Waals surface area contributed by atoms with Crippen LogP contribution in [0.1, 0.15) is 36.0 Å². The first-order valence-electron chi connectivity index (χ1n) is 6.78. The van der Waals surface area contributed by atoms with Gasteiger partial charge in [-0.1, -0.05) is 37.6 Å². The topological polar surface area (TPSA) is 42.1 Å². The maximum Gasteiger partial charge on any atom is 0.180 e. The van der Waals surface area contributed by atoms with E-state index in [1.165, 1.54) is 16.1 Å². The van der Waals surface area contributed by atoms with E-state index in [1.54, 1.807) is 11.3 Å². The summed E-state index contributed by atoms with van der Waals surface area (Å²) in [5.41, 5.74) is 8.30. The third-order valence-corrected chi connectivity index (χ3v) is 4.83. The molecule has 0 radical (unpaired) electrons. The zero-order chi connectivity index (χ0) is 14.3. The second-order valence-corrected chi connectivity index (χ2v) is 7.13. The molecule has 0 aliphatic carbocycles. The van der Waals surface area contributed by atoms with Crippen LogP contribution in [0.5, 0.6) is 0 Å². The lowest BCUT2D eigenvalue weighted by Gasteiger charge is -2.27. The molecule has 0 saturated heterocycles. The number of fused-ring (bicyclic) bond motifs is 1. The van der Waals surface area contributed by atoms with Gasteiger partial charge in [0.25, 0.3) is 0 Å². The van der Waals surface area contributed by atoms with Crippen molar-refractivity contribution in [1.29, 1.82) is 0 Å². The van der Waals surface area contributed by atoms with E-state index in [2.05, 4.69) is 35.9 Å². The summed E-state index contributed by atoms with van der Waals surface area (Å²) >= 11 is 7.56. The molecule has 1 aliphatic heterocycles. The van der Waals surface area contributed by atoms with E-state index < -0.39 is 0 Å². The van der Waals surface area contributed by atoms with E-state index in [-0.39, 0.29) is 0 Å². The highest BCUT2D eigenvalue weighted by atomic mass is 35.5. The number of thiazole rings is 1. The molecule has 1 aliphatic rings. The molecule has 3 rings (SSSR count). The Hall–Kier alpha value is -1.10. The summed E-state index contributed by atoms with van der Waals surface area (Å²) in [4.78, 5) is 8.32. The zero-order valence-electron chi connectivity index (χ0n) is 11.6. The Labute approximate surface area is 128 Å². The first kappa shape index (κ1) is 13.9. The van der Waals surface area contributed by atoms with Gasteiger partial charge in [-0.05, 0) is 23.6 Å². The Kier molecular flexibility index (Phi) is 3.71. The summed E-state index contributed by atoms with van der Waals surface area (Å²) in [6.07, 6.45) is 0. The molecule has 2 N–H and O–H groups in total. The van der Waals surface area contributed by atoms with Gasteiger partial charge in [0.05, 0.1) is 11.7 Å². The second-order valence-electron chi connectivity index (χ2n) is 5.58. The van der Waals surface area contributed by atoms with Crippen molar-refractivity contribution in [3.8, 4) is 0 Å². The molecule has 106 valence electrons. The first-order valence-corrected chi connectivity index (χ1v) is 7.97. The van der Waals surface area contributed by atoms with Crippen LogP contribution >= 0.6 is 22.9 Å². The molecule has 0 unspecified atom stereocenters.